The molecule has 4 fully saturated rings. The van der Waals surface area contributed by atoms with Gasteiger partial charge in [-0.3, -0.25) is 4.79 Å². The summed E-state index contributed by atoms with van der Waals surface area (Å²) in [5.74, 6) is 1.62. The molecule has 1 heterocycles. The van der Waals surface area contributed by atoms with Crippen LogP contribution in [0, 0.1) is 45.3 Å². The van der Waals surface area contributed by atoms with E-state index in [0.717, 1.165) is 49.9 Å². The van der Waals surface area contributed by atoms with Gasteiger partial charge in [0, 0.05) is 38.1 Å². The molecule has 2 unspecified atom stereocenters. The SMILES string of the molecule is CC(C)C1=C2[C@H]3CCC4[C@@]5(C)CC=C(c6ccc(C(=O)O)cc6)C(C)(C)C5CC[C@@]4(C)[C@]3(C)CC[C@@]2(NCCN2CCS(=O)(=O)CC2)CC1=O. The zero-order chi connectivity index (χ0) is 36.1. The molecule has 5 aliphatic carbocycles. The minimum atomic E-state index is -2.91. The van der Waals surface area contributed by atoms with Gasteiger partial charge in [-0.05, 0) is 125 Å². The predicted molar refractivity (Wildman–Crippen MR) is 200 cm³/mol. The predicted octanol–water partition coefficient (Wildman–Crippen LogP) is 7.43. The number of carboxylic acids is 1. The number of allylic oxidation sites excluding steroid dienone is 3. The number of benzene rings is 1. The summed E-state index contributed by atoms with van der Waals surface area (Å²) in [6.07, 6.45) is 10.9. The lowest BCUT2D eigenvalue weighted by Gasteiger charge is -2.71. The van der Waals surface area contributed by atoms with Crippen molar-refractivity contribution >= 4 is 27.2 Å². The molecule has 1 aromatic rings. The van der Waals surface area contributed by atoms with Crippen LogP contribution in [0.3, 0.4) is 0 Å². The largest absolute Gasteiger partial charge is 0.478 e. The summed E-state index contributed by atoms with van der Waals surface area (Å²) < 4.78 is 24.0. The van der Waals surface area contributed by atoms with Crippen LogP contribution in [0.1, 0.15) is 116 Å². The van der Waals surface area contributed by atoms with E-state index in [-0.39, 0.29) is 44.6 Å². The van der Waals surface area contributed by atoms with Crippen LogP contribution in [-0.4, -0.2) is 73.4 Å². The second kappa shape index (κ2) is 12.1. The third-order valence-corrected chi connectivity index (χ3v) is 17.4. The van der Waals surface area contributed by atoms with Crippen LogP contribution >= 0.6 is 0 Å². The normalized spacial score (nSPS) is 39.3. The molecule has 6 aliphatic rings. The molecule has 0 radical (unpaired) electrons. The summed E-state index contributed by atoms with van der Waals surface area (Å²) in [6, 6.07) is 7.49. The molecular weight excluding hydrogens is 645 g/mol. The molecule has 274 valence electrons. The first-order chi connectivity index (χ1) is 23.4. The number of sulfone groups is 1. The van der Waals surface area contributed by atoms with Crippen LogP contribution in [0.2, 0.25) is 0 Å². The lowest BCUT2D eigenvalue weighted by molar-refractivity contribution is -0.194. The van der Waals surface area contributed by atoms with Crippen LogP contribution in [-0.2, 0) is 14.6 Å². The highest BCUT2D eigenvalue weighted by atomic mass is 32.2. The zero-order valence-electron chi connectivity index (χ0n) is 31.5. The number of aromatic carboxylic acids is 1. The molecule has 0 amide bonds. The van der Waals surface area contributed by atoms with E-state index >= 15 is 0 Å². The van der Waals surface area contributed by atoms with E-state index in [9.17, 15) is 23.1 Å². The number of fused-ring (bicyclic) bond motifs is 7. The van der Waals surface area contributed by atoms with Crippen molar-refractivity contribution in [3.8, 4) is 0 Å². The van der Waals surface area contributed by atoms with E-state index in [1.54, 1.807) is 12.1 Å². The Hall–Kier alpha value is -2.29. The Kier molecular flexibility index (Phi) is 8.75. The number of carbonyl (C=O) groups excluding carboxylic acids is 1. The van der Waals surface area contributed by atoms with Gasteiger partial charge in [-0.2, -0.15) is 0 Å². The number of ketones is 1. The van der Waals surface area contributed by atoms with Gasteiger partial charge in [-0.1, -0.05) is 66.7 Å². The van der Waals surface area contributed by atoms with Crippen LogP contribution in [0.4, 0.5) is 0 Å². The number of carbonyl (C=O) groups is 2. The summed E-state index contributed by atoms with van der Waals surface area (Å²) in [6.45, 7) is 19.9. The summed E-state index contributed by atoms with van der Waals surface area (Å²) in [7, 11) is -2.91. The molecule has 0 spiro atoms. The minimum absolute atomic E-state index is 0.0355. The summed E-state index contributed by atoms with van der Waals surface area (Å²) in [5, 5.41) is 13.5. The molecular formula is C42H60N2O5S. The van der Waals surface area contributed by atoms with Gasteiger partial charge in [0.05, 0.1) is 17.1 Å². The number of hydrogen-bond acceptors (Lipinski definition) is 6. The maximum Gasteiger partial charge on any atom is 0.335 e. The summed E-state index contributed by atoms with van der Waals surface area (Å²) in [5.41, 5.74) is 5.45. The molecule has 7 atom stereocenters. The molecule has 0 bridgehead atoms. The fourth-order valence-electron chi connectivity index (χ4n) is 13.1. The Labute approximate surface area is 300 Å². The second-order valence-electron chi connectivity index (χ2n) is 18.6. The van der Waals surface area contributed by atoms with E-state index in [1.165, 1.54) is 30.4 Å². The Morgan fingerprint density at radius 2 is 1.62 bits per heavy atom. The Bertz CT molecular complexity index is 1730. The highest BCUT2D eigenvalue weighted by Gasteiger charge is 2.69. The van der Waals surface area contributed by atoms with Gasteiger partial charge < -0.3 is 15.3 Å². The van der Waals surface area contributed by atoms with E-state index in [0.29, 0.717) is 48.6 Å². The number of carboxylic acid groups (broad SMARTS) is 1. The number of Topliss-reactive ketones (excluding diaryl/α,β-unsaturated/α-hetero) is 1. The first-order valence-electron chi connectivity index (χ1n) is 19.4. The lowest BCUT2D eigenvalue weighted by Crippen LogP contribution is -2.66. The van der Waals surface area contributed by atoms with Crippen molar-refractivity contribution in [2.75, 3.05) is 37.7 Å². The first kappa shape index (κ1) is 36.1. The standard InChI is InChI=1S/C42H60N2O5S/c1-27(2)35-32(45)26-42(43-20-21-44-22-24-50(48,49)25-23-44)19-18-40(6)31(36(35)42)12-13-34-39(5)16-14-30(28-8-10-29(11-9-28)37(46)47)38(3,4)33(39)15-17-41(34,40)7/h8-11,14,27,31,33-34,43H,12-13,15-26H2,1-7H3,(H,46,47)/t31-,33?,34?,39+,40-,41-,42-/m1/s1. The number of nitrogens with zero attached hydrogens (tertiary/aromatic N) is 1. The molecule has 0 aromatic heterocycles. The Balaban J connectivity index is 1.18. The van der Waals surface area contributed by atoms with E-state index in [1.807, 2.05) is 12.1 Å². The lowest BCUT2D eigenvalue weighted by atomic mass is 9.33. The maximum atomic E-state index is 14.0. The van der Waals surface area contributed by atoms with Gasteiger partial charge in [0.25, 0.3) is 0 Å². The summed E-state index contributed by atoms with van der Waals surface area (Å²) in [4.78, 5) is 27.8. The van der Waals surface area contributed by atoms with Crippen LogP contribution in [0.5, 0.6) is 0 Å². The van der Waals surface area contributed by atoms with E-state index < -0.39 is 15.8 Å². The molecule has 50 heavy (non-hydrogen) atoms. The van der Waals surface area contributed by atoms with Crippen molar-refractivity contribution in [2.24, 2.45) is 45.3 Å². The minimum Gasteiger partial charge on any atom is -0.478 e. The highest BCUT2D eigenvalue weighted by Crippen LogP contribution is 2.76. The van der Waals surface area contributed by atoms with Crippen LogP contribution < -0.4 is 5.32 Å². The average Bonchev–Trinajstić information content (AvgIpc) is 3.34. The van der Waals surface area contributed by atoms with Crippen molar-refractivity contribution in [3.63, 3.8) is 0 Å². The fourth-order valence-corrected chi connectivity index (χ4v) is 14.4. The molecule has 3 saturated carbocycles. The zero-order valence-corrected chi connectivity index (χ0v) is 32.3. The Morgan fingerprint density at radius 1 is 0.940 bits per heavy atom. The second-order valence-corrected chi connectivity index (χ2v) is 20.9. The van der Waals surface area contributed by atoms with Crippen LogP contribution in [0.15, 0.2) is 41.5 Å². The van der Waals surface area contributed by atoms with Crippen molar-refractivity contribution in [3.05, 3.63) is 52.6 Å². The number of nitrogens with one attached hydrogen (secondary N) is 1. The van der Waals surface area contributed by atoms with Gasteiger partial charge in [0.15, 0.2) is 15.6 Å². The Morgan fingerprint density at radius 3 is 2.26 bits per heavy atom. The third-order valence-electron chi connectivity index (χ3n) is 15.8. The number of rotatable bonds is 7. The quantitative estimate of drug-likeness (QED) is 0.304. The average molecular weight is 705 g/mol. The van der Waals surface area contributed by atoms with Gasteiger partial charge in [-0.25, -0.2) is 13.2 Å². The molecule has 7 nitrogen and oxygen atoms in total. The highest BCUT2D eigenvalue weighted by molar-refractivity contribution is 7.91. The van der Waals surface area contributed by atoms with Crippen molar-refractivity contribution < 1.29 is 23.1 Å². The molecule has 8 heteroatoms. The van der Waals surface area contributed by atoms with Gasteiger partial charge in [0.2, 0.25) is 0 Å². The maximum absolute atomic E-state index is 14.0. The molecule has 1 aliphatic heterocycles. The smallest absolute Gasteiger partial charge is 0.335 e. The van der Waals surface area contributed by atoms with E-state index in [2.05, 4.69) is 64.8 Å². The molecule has 1 saturated heterocycles. The molecule has 1 aromatic carbocycles. The van der Waals surface area contributed by atoms with Gasteiger partial charge in [-0.15, -0.1) is 0 Å². The summed E-state index contributed by atoms with van der Waals surface area (Å²) >= 11 is 0. The van der Waals surface area contributed by atoms with Gasteiger partial charge in [0.1, 0.15) is 0 Å². The van der Waals surface area contributed by atoms with E-state index in [4.69, 9.17) is 0 Å². The topological polar surface area (TPSA) is 104 Å². The van der Waals surface area contributed by atoms with Crippen molar-refractivity contribution in [2.45, 2.75) is 105 Å². The van der Waals surface area contributed by atoms with Gasteiger partial charge >= 0.3 is 5.97 Å². The molecule has 7 rings (SSSR count). The monoisotopic (exact) mass is 704 g/mol. The fraction of sp³-hybridized carbons (Fsp3) is 0.714. The molecule has 2 N–H and O–H groups in total. The first-order valence-corrected chi connectivity index (χ1v) is 21.2. The van der Waals surface area contributed by atoms with Crippen molar-refractivity contribution in [1.29, 1.82) is 0 Å². The number of hydrogen-bond donors (Lipinski definition) is 2. The third kappa shape index (κ3) is 5.35. The van der Waals surface area contributed by atoms with Crippen molar-refractivity contribution in [1.82, 2.24) is 10.2 Å². The van der Waals surface area contributed by atoms with Crippen LogP contribution in [0.25, 0.3) is 5.57 Å².